The van der Waals surface area contributed by atoms with E-state index in [1.807, 2.05) is 0 Å². The molecule has 3 atom stereocenters. The SMILES string of the molecule is NS(=O)(=O)OC[C@H]1C[C@@H](Cc2ncncc2C(=O)c2ccn(CC#CCC3CCOCC3)n2)C[C@@H]1O. The van der Waals surface area contributed by atoms with Crippen LogP contribution in [0.5, 0.6) is 0 Å². The number of aromatic nitrogens is 4. The molecule has 4 rings (SSSR count). The Labute approximate surface area is 210 Å². The first-order chi connectivity index (χ1) is 17.3. The van der Waals surface area contributed by atoms with Gasteiger partial charge in [0, 0.05) is 37.9 Å². The van der Waals surface area contributed by atoms with Crippen molar-refractivity contribution in [2.75, 3.05) is 19.8 Å². The zero-order valence-electron chi connectivity index (χ0n) is 20.0. The number of aliphatic hydroxyl groups is 1. The summed E-state index contributed by atoms with van der Waals surface area (Å²) in [6.45, 7) is 1.83. The van der Waals surface area contributed by atoms with E-state index in [9.17, 15) is 18.3 Å². The van der Waals surface area contributed by atoms with Crippen LogP contribution in [0.1, 0.15) is 53.8 Å². The van der Waals surface area contributed by atoms with E-state index in [4.69, 9.17) is 9.88 Å². The molecule has 0 amide bonds. The Morgan fingerprint density at radius 2 is 2.06 bits per heavy atom. The third-order valence-electron chi connectivity index (χ3n) is 6.69. The lowest BCUT2D eigenvalue weighted by molar-refractivity contribution is 0.0678. The van der Waals surface area contributed by atoms with Crippen LogP contribution in [0.25, 0.3) is 0 Å². The molecule has 2 aromatic rings. The fourth-order valence-corrected chi connectivity index (χ4v) is 5.10. The first kappa shape index (κ1) is 26.4. The van der Waals surface area contributed by atoms with Crippen LogP contribution in [0.15, 0.2) is 24.8 Å². The van der Waals surface area contributed by atoms with Gasteiger partial charge >= 0.3 is 10.3 Å². The van der Waals surface area contributed by atoms with Crippen molar-refractivity contribution in [2.24, 2.45) is 22.9 Å². The highest BCUT2D eigenvalue weighted by molar-refractivity contribution is 7.84. The Hall–Kier alpha value is -2.69. The third kappa shape index (κ3) is 7.41. The molecule has 36 heavy (non-hydrogen) atoms. The van der Waals surface area contributed by atoms with E-state index in [0.29, 0.717) is 43.0 Å². The molecule has 0 aromatic carbocycles. The third-order valence-corrected chi connectivity index (χ3v) is 7.16. The fraction of sp³-hybridized carbons (Fsp3) is 0.583. The van der Waals surface area contributed by atoms with Crippen LogP contribution >= 0.6 is 0 Å². The summed E-state index contributed by atoms with van der Waals surface area (Å²) in [5.41, 5.74) is 1.20. The highest BCUT2D eigenvalue weighted by Crippen LogP contribution is 2.34. The van der Waals surface area contributed by atoms with Crippen LogP contribution in [0, 0.1) is 29.6 Å². The van der Waals surface area contributed by atoms with Gasteiger partial charge in [0.25, 0.3) is 0 Å². The van der Waals surface area contributed by atoms with Crippen molar-refractivity contribution in [3.8, 4) is 11.8 Å². The molecule has 194 valence electrons. The number of aliphatic hydroxyl groups excluding tert-OH is 1. The zero-order chi connectivity index (χ0) is 25.5. The van der Waals surface area contributed by atoms with Crippen LogP contribution < -0.4 is 5.14 Å². The molecule has 1 aliphatic heterocycles. The minimum atomic E-state index is -4.07. The second kappa shape index (κ2) is 12.0. The number of hydrogen-bond acceptors (Lipinski definition) is 9. The minimum Gasteiger partial charge on any atom is -0.393 e. The molecule has 3 heterocycles. The van der Waals surface area contributed by atoms with Crippen LogP contribution in [0.3, 0.4) is 0 Å². The Balaban J connectivity index is 1.35. The molecular formula is C24H31N5O6S. The van der Waals surface area contributed by atoms with Crippen molar-refractivity contribution < 1.29 is 27.2 Å². The Morgan fingerprint density at radius 3 is 2.83 bits per heavy atom. The van der Waals surface area contributed by atoms with E-state index < -0.39 is 16.4 Å². The molecule has 1 saturated carbocycles. The van der Waals surface area contributed by atoms with E-state index in [1.54, 1.807) is 16.9 Å². The Morgan fingerprint density at radius 1 is 1.25 bits per heavy atom. The van der Waals surface area contributed by atoms with Crippen LogP contribution in [-0.4, -0.2) is 65.0 Å². The topological polar surface area (TPSA) is 160 Å². The molecule has 2 fully saturated rings. The van der Waals surface area contributed by atoms with E-state index >= 15 is 0 Å². The number of hydrogen-bond donors (Lipinski definition) is 2. The predicted octanol–water partition coefficient (Wildman–Crippen LogP) is 0.874. The van der Waals surface area contributed by atoms with Gasteiger partial charge < -0.3 is 9.84 Å². The largest absolute Gasteiger partial charge is 0.393 e. The smallest absolute Gasteiger partial charge is 0.333 e. The Kier molecular flexibility index (Phi) is 8.81. The molecule has 0 unspecified atom stereocenters. The Bertz CT molecular complexity index is 1210. The summed E-state index contributed by atoms with van der Waals surface area (Å²) in [7, 11) is -4.07. The summed E-state index contributed by atoms with van der Waals surface area (Å²) in [5, 5.41) is 19.6. The number of carbonyl (C=O) groups is 1. The maximum Gasteiger partial charge on any atom is 0.333 e. The van der Waals surface area contributed by atoms with Crippen molar-refractivity contribution in [3.63, 3.8) is 0 Å². The van der Waals surface area contributed by atoms with Crippen LogP contribution in [0.4, 0.5) is 0 Å². The fourth-order valence-electron chi connectivity index (χ4n) is 4.74. The van der Waals surface area contributed by atoms with Gasteiger partial charge in [-0.25, -0.2) is 15.1 Å². The number of nitrogens with zero attached hydrogens (tertiary/aromatic N) is 4. The quantitative estimate of drug-likeness (QED) is 0.363. The van der Waals surface area contributed by atoms with Crippen molar-refractivity contribution >= 4 is 16.1 Å². The molecule has 2 aromatic heterocycles. The summed E-state index contributed by atoms with van der Waals surface area (Å²) >= 11 is 0. The first-order valence-electron chi connectivity index (χ1n) is 12.0. The van der Waals surface area contributed by atoms with Gasteiger partial charge in [-0.2, -0.15) is 13.5 Å². The van der Waals surface area contributed by atoms with Crippen molar-refractivity contribution in [2.45, 2.75) is 51.2 Å². The molecule has 3 N–H and O–H groups in total. The molecular weight excluding hydrogens is 486 g/mol. The van der Waals surface area contributed by atoms with Crippen LogP contribution in [-0.2, 0) is 32.2 Å². The monoisotopic (exact) mass is 517 g/mol. The van der Waals surface area contributed by atoms with Gasteiger partial charge in [-0.1, -0.05) is 5.92 Å². The molecule has 0 spiro atoms. The number of carbonyl (C=O) groups excluding carboxylic acids is 1. The van der Waals surface area contributed by atoms with E-state index in [0.717, 1.165) is 32.5 Å². The van der Waals surface area contributed by atoms with Gasteiger partial charge in [-0.3, -0.25) is 13.7 Å². The first-order valence-corrected chi connectivity index (χ1v) is 13.5. The number of nitrogens with two attached hydrogens (primary N) is 1. The standard InChI is InChI=1S/C24H31N5O6S/c25-36(32,33)35-15-19-11-18(13-23(19)30)12-22-20(14-26-16-27-22)24(31)21-4-8-29(28-21)7-2-1-3-17-5-9-34-10-6-17/h4,8,14,16-19,23,30H,3,5-7,9-13,15H2,(H2,25,32,33)/t18-,19+,23-/m0/s1. The number of ether oxygens (including phenoxy) is 1. The normalized spacial score (nSPS) is 22.8. The van der Waals surface area contributed by atoms with Gasteiger partial charge in [-0.05, 0) is 50.0 Å². The summed E-state index contributed by atoms with van der Waals surface area (Å²) in [5.74, 6) is 6.26. The van der Waals surface area contributed by atoms with E-state index in [1.165, 1.54) is 12.5 Å². The summed E-state index contributed by atoms with van der Waals surface area (Å²) < 4.78 is 33.8. The van der Waals surface area contributed by atoms with Gasteiger partial charge in [-0.15, -0.1) is 5.92 Å². The van der Waals surface area contributed by atoms with Crippen molar-refractivity contribution in [3.05, 3.63) is 41.7 Å². The molecule has 0 radical (unpaired) electrons. The number of ketones is 1. The molecule has 1 saturated heterocycles. The van der Waals surface area contributed by atoms with E-state index in [-0.39, 0.29) is 29.9 Å². The lowest BCUT2D eigenvalue weighted by Gasteiger charge is -2.19. The average molecular weight is 518 g/mol. The molecule has 1 aliphatic carbocycles. The number of rotatable bonds is 9. The van der Waals surface area contributed by atoms with Gasteiger partial charge in [0.15, 0.2) is 0 Å². The van der Waals surface area contributed by atoms with Crippen molar-refractivity contribution in [1.29, 1.82) is 0 Å². The van der Waals surface area contributed by atoms with Crippen LogP contribution in [0.2, 0.25) is 0 Å². The van der Waals surface area contributed by atoms with Gasteiger partial charge in [0.2, 0.25) is 5.78 Å². The summed E-state index contributed by atoms with van der Waals surface area (Å²) in [6.07, 6.45) is 8.19. The second-order valence-corrected chi connectivity index (χ2v) is 10.6. The zero-order valence-corrected chi connectivity index (χ0v) is 20.8. The molecule has 12 heteroatoms. The van der Waals surface area contributed by atoms with Crippen molar-refractivity contribution in [1.82, 2.24) is 19.7 Å². The molecule has 11 nitrogen and oxygen atoms in total. The minimum absolute atomic E-state index is 0.000845. The van der Waals surface area contributed by atoms with E-state index in [2.05, 4.69) is 31.1 Å². The summed E-state index contributed by atoms with van der Waals surface area (Å²) in [6, 6.07) is 1.65. The summed E-state index contributed by atoms with van der Waals surface area (Å²) in [4.78, 5) is 21.5. The molecule has 0 bridgehead atoms. The predicted molar refractivity (Wildman–Crippen MR) is 129 cm³/mol. The highest BCUT2D eigenvalue weighted by atomic mass is 32.2. The lowest BCUT2D eigenvalue weighted by Crippen LogP contribution is -2.24. The van der Waals surface area contributed by atoms with Gasteiger partial charge in [0.05, 0.1) is 24.0 Å². The van der Waals surface area contributed by atoms with Gasteiger partial charge in [0.1, 0.15) is 18.6 Å². The highest BCUT2D eigenvalue weighted by Gasteiger charge is 2.35. The second-order valence-electron chi connectivity index (χ2n) is 9.37. The molecule has 2 aliphatic rings. The maximum atomic E-state index is 13.2. The maximum absolute atomic E-state index is 13.2. The average Bonchev–Trinajstić information content (AvgIpc) is 3.47. The lowest BCUT2D eigenvalue weighted by atomic mass is 9.96.